The van der Waals surface area contributed by atoms with Crippen LogP contribution < -0.4 is 5.32 Å². The summed E-state index contributed by atoms with van der Waals surface area (Å²) in [6, 6.07) is 17.4. The van der Waals surface area contributed by atoms with Crippen molar-refractivity contribution in [2.75, 3.05) is 0 Å². The smallest absolute Gasteiger partial charge is 0.408 e. The first-order chi connectivity index (χ1) is 16.2. The Balaban J connectivity index is 1.72. The highest BCUT2D eigenvalue weighted by atomic mass is 16.6. The second-order valence-electron chi connectivity index (χ2n) is 8.56. The SMILES string of the molecule is CC(C)(C)OC(=O)N[C@@H](Cc1ccccc1)C(=O)c1nnnn1CC(=O)OCc1ccccc1. The number of nitrogens with zero attached hydrogens (tertiary/aromatic N) is 4. The highest BCUT2D eigenvalue weighted by Gasteiger charge is 2.30. The van der Waals surface area contributed by atoms with Crippen molar-refractivity contribution in [3.63, 3.8) is 0 Å². The standard InChI is InChI=1S/C24H27N5O5/c1-24(2,3)34-23(32)25-19(14-17-10-6-4-7-11-17)21(31)22-26-27-28-29(22)15-20(30)33-16-18-12-8-5-9-13-18/h4-13,19H,14-16H2,1-3H3,(H,25,32)/t19-/m0/s1. The minimum Gasteiger partial charge on any atom is -0.459 e. The fourth-order valence-electron chi connectivity index (χ4n) is 3.06. The number of hydrogen-bond donors (Lipinski definition) is 1. The van der Waals surface area contributed by atoms with Crippen molar-refractivity contribution >= 4 is 17.8 Å². The Morgan fingerprint density at radius 2 is 1.59 bits per heavy atom. The Labute approximate surface area is 197 Å². The van der Waals surface area contributed by atoms with E-state index in [1.807, 2.05) is 60.7 Å². The van der Waals surface area contributed by atoms with E-state index in [2.05, 4.69) is 20.8 Å². The zero-order valence-corrected chi connectivity index (χ0v) is 19.3. The van der Waals surface area contributed by atoms with E-state index in [4.69, 9.17) is 9.47 Å². The summed E-state index contributed by atoms with van der Waals surface area (Å²) in [5.74, 6) is -1.34. The number of benzene rings is 2. The zero-order valence-electron chi connectivity index (χ0n) is 19.3. The van der Waals surface area contributed by atoms with Crippen LogP contribution in [0.1, 0.15) is 42.5 Å². The summed E-state index contributed by atoms with van der Waals surface area (Å²) in [7, 11) is 0. The van der Waals surface area contributed by atoms with Gasteiger partial charge in [-0.2, -0.15) is 0 Å². The van der Waals surface area contributed by atoms with Gasteiger partial charge in [0.15, 0.2) is 0 Å². The van der Waals surface area contributed by atoms with Gasteiger partial charge in [0.2, 0.25) is 11.6 Å². The highest BCUT2D eigenvalue weighted by molar-refractivity contribution is 5.99. The number of aromatic nitrogens is 4. The van der Waals surface area contributed by atoms with Crippen LogP contribution in [-0.4, -0.2) is 49.7 Å². The molecule has 0 radical (unpaired) electrons. The number of esters is 1. The maximum atomic E-state index is 13.3. The quantitative estimate of drug-likeness (QED) is 0.378. The van der Waals surface area contributed by atoms with Gasteiger partial charge in [0, 0.05) is 6.42 Å². The minimum absolute atomic E-state index is 0.0852. The van der Waals surface area contributed by atoms with Crippen molar-refractivity contribution < 1.29 is 23.9 Å². The number of alkyl carbamates (subject to hydrolysis) is 1. The summed E-state index contributed by atoms with van der Waals surface area (Å²) in [5, 5.41) is 13.7. The van der Waals surface area contributed by atoms with Crippen LogP contribution in [-0.2, 0) is 33.8 Å². The number of Topliss-reactive ketones (excluding diaryl/α,β-unsaturated/α-hetero) is 1. The van der Waals surface area contributed by atoms with Crippen LogP contribution in [0, 0.1) is 0 Å². The van der Waals surface area contributed by atoms with E-state index in [9.17, 15) is 14.4 Å². The third-order valence-corrected chi connectivity index (χ3v) is 4.56. The number of tetrazole rings is 1. The summed E-state index contributed by atoms with van der Waals surface area (Å²) in [6.07, 6.45) is -0.562. The largest absolute Gasteiger partial charge is 0.459 e. The van der Waals surface area contributed by atoms with Crippen LogP contribution in [0.25, 0.3) is 0 Å². The van der Waals surface area contributed by atoms with Gasteiger partial charge in [-0.25, -0.2) is 9.48 Å². The molecule has 0 aliphatic heterocycles. The number of carbonyl (C=O) groups is 3. The van der Waals surface area contributed by atoms with Crippen LogP contribution in [0.4, 0.5) is 4.79 Å². The number of hydrogen-bond acceptors (Lipinski definition) is 8. The topological polar surface area (TPSA) is 125 Å². The molecule has 10 nitrogen and oxygen atoms in total. The number of amides is 1. The third kappa shape index (κ3) is 7.51. The van der Waals surface area contributed by atoms with Crippen LogP contribution in [0.5, 0.6) is 0 Å². The molecule has 34 heavy (non-hydrogen) atoms. The molecule has 0 saturated heterocycles. The summed E-state index contributed by atoms with van der Waals surface area (Å²) in [4.78, 5) is 38.0. The maximum absolute atomic E-state index is 13.3. The Morgan fingerprint density at radius 1 is 0.971 bits per heavy atom. The molecule has 3 rings (SSSR count). The van der Waals surface area contributed by atoms with Crippen molar-refractivity contribution in [3.05, 3.63) is 77.6 Å². The first-order valence-corrected chi connectivity index (χ1v) is 10.7. The number of nitrogens with one attached hydrogen (secondary N) is 1. The van der Waals surface area contributed by atoms with Crippen molar-refractivity contribution in [2.45, 2.75) is 52.0 Å². The Kier molecular flexibility index (Phi) is 8.07. The fraction of sp³-hybridized carbons (Fsp3) is 0.333. The van der Waals surface area contributed by atoms with E-state index in [-0.39, 0.29) is 25.4 Å². The molecule has 1 aromatic heterocycles. The molecule has 1 N–H and O–H groups in total. The van der Waals surface area contributed by atoms with E-state index < -0.39 is 29.5 Å². The van der Waals surface area contributed by atoms with Crippen LogP contribution in [0.2, 0.25) is 0 Å². The monoisotopic (exact) mass is 465 g/mol. The highest BCUT2D eigenvalue weighted by Crippen LogP contribution is 2.11. The van der Waals surface area contributed by atoms with Crippen molar-refractivity contribution in [3.8, 4) is 0 Å². The lowest BCUT2D eigenvalue weighted by Crippen LogP contribution is -2.45. The van der Waals surface area contributed by atoms with E-state index in [1.54, 1.807) is 20.8 Å². The van der Waals surface area contributed by atoms with Crippen LogP contribution >= 0.6 is 0 Å². The van der Waals surface area contributed by atoms with E-state index >= 15 is 0 Å². The maximum Gasteiger partial charge on any atom is 0.408 e. The number of carbonyl (C=O) groups excluding carboxylic acids is 3. The van der Waals surface area contributed by atoms with E-state index in [0.29, 0.717) is 0 Å². The number of rotatable bonds is 9. The lowest BCUT2D eigenvalue weighted by atomic mass is 10.0. The summed E-state index contributed by atoms with van der Waals surface area (Å²) in [5.41, 5.74) is 0.903. The van der Waals surface area contributed by atoms with Gasteiger partial charge in [-0.3, -0.25) is 9.59 Å². The molecule has 1 heterocycles. The lowest BCUT2D eigenvalue weighted by Gasteiger charge is -2.23. The predicted octanol–water partition coefficient (Wildman–Crippen LogP) is 2.74. The molecule has 0 fully saturated rings. The summed E-state index contributed by atoms with van der Waals surface area (Å²) >= 11 is 0. The Bertz CT molecular complexity index is 1110. The summed E-state index contributed by atoms with van der Waals surface area (Å²) in [6.45, 7) is 4.90. The average Bonchev–Trinajstić information content (AvgIpc) is 3.25. The molecule has 0 bridgehead atoms. The molecule has 1 amide bonds. The molecule has 2 aromatic carbocycles. The molecule has 0 spiro atoms. The first-order valence-electron chi connectivity index (χ1n) is 10.7. The second-order valence-corrected chi connectivity index (χ2v) is 8.56. The van der Waals surface area contributed by atoms with Crippen LogP contribution in [0.15, 0.2) is 60.7 Å². The molecule has 178 valence electrons. The van der Waals surface area contributed by atoms with Crippen molar-refractivity contribution in [2.24, 2.45) is 0 Å². The van der Waals surface area contributed by atoms with Gasteiger partial charge in [-0.05, 0) is 42.3 Å². The van der Waals surface area contributed by atoms with Gasteiger partial charge in [-0.1, -0.05) is 60.7 Å². The van der Waals surface area contributed by atoms with Gasteiger partial charge in [0.25, 0.3) is 0 Å². The van der Waals surface area contributed by atoms with Gasteiger partial charge < -0.3 is 14.8 Å². The second kappa shape index (κ2) is 11.2. The van der Waals surface area contributed by atoms with E-state index in [1.165, 1.54) is 0 Å². The number of ether oxygens (including phenoxy) is 2. The van der Waals surface area contributed by atoms with Crippen molar-refractivity contribution in [1.29, 1.82) is 0 Å². The predicted molar refractivity (Wildman–Crippen MR) is 122 cm³/mol. The van der Waals surface area contributed by atoms with E-state index in [0.717, 1.165) is 15.8 Å². The Morgan fingerprint density at radius 3 is 2.21 bits per heavy atom. The fourth-order valence-corrected chi connectivity index (χ4v) is 3.06. The Hall–Kier alpha value is -4.08. The lowest BCUT2D eigenvalue weighted by molar-refractivity contribution is -0.145. The first kappa shape index (κ1) is 24.6. The van der Waals surface area contributed by atoms with Gasteiger partial charge in [0.1, 0.15) is 24.8 Å². The van der Waals surface area contributed by atoms with Gasteiger partial charge >= 0.3 is 12.1 Å². The van der Waals surface area contributed by atoms with Gasteiger partial charge in [-0.15, -0.1) is 5.10 Å². The van der Waals surface area contributed by atoms with Crippen LogP contribution in [0.3, 0.4) is 0 Å². The molecular formula is C24H27N5O5. The third-order valence-electron chi connectivity index (χ3n) is 4.56. The molecule has 0 unspecified atom stereocenters. The molecule has 3 aromatic rings. The molecule has 0 aliphatic rings. The molecule has 1 atom stereocenters. The summed E-state index contributed by atoms with van der Waals surface area (Å²) < 4.78 is 11.6. The van der Waals surface area contributed by atoms with Gasteiger partial charge in [0.05, 0.1) is 0 Å². The zero-order chi connectivity index (χ0) is 24.6. The van der Waals surface area contributed by atoms with Crippen molar-refractivity contribution in [1.82, 2.24) is 25.5 Å². The molecule has 10 heteroatoms. The normalized spacial score (nSPS) is 12.0. The average molecular weight is 466 g/mol. The molecule has 0 aliphatic carbocycles. The minimum atomic E-state index is -1.01. The number of ketones is 1. The molecular weight excluding hydrogens is 438 g/mol. The molecule has 0 saturated carbocycles.